The molecule has 1 rings (SSSR count). The molecule has 0 unspecified atom stereocenters. The highest BCUT2D eigenvalue weighted by atomic mass is 16.1. The fourth-order valence-electron chi connectivity index (χ4n) is 0.699. The molecule has 0 bridgehead atoms. The lowest BCUT2D eigenvalue weighted by molar-refractivity contribution is -0.109. The van der Waals surface area contributed by atoms with Crippen LogP contribution in [0.25, 0.3) is 0 Å². The monoisotopic (exact) mass is 134 g/mol. The van der Waals surface area contributed by atoms with E-state index in [9.17, 15) is 4.79 Å². The van der Waals surface area contributed by atoms with Crippen molar-refractivity contribution in [3.63, 3.8) is 0 Å². The molecule has 1 aromatic rings. The van der Waals surface area contributed by atoms with Crippen molar-refractivity contribution in [1.29, 1.82) is 0 Å². The quantitative estimate of drug-likeness (QED) is 0.607. The first-order chi connectivity index (χ1) is 4.93. The van der Waals surface area contributed by atoms with Crippen LogP contribution in [-0.2, 0) is 11.3 Å². The van der Waals surface area contributed by atoms with E-state index in [4.69, 9.17) is 0 Å². The molecule has 1 N–H and O–H groups in total. The van der Waals surface area contributed by atoms with Gasteiger partial charge >= 0.3 is 0 Å². The predicted octanol–water partition coefficient (Wildman–Crippen LogP) is 0.733. The SMILES string of the molecule is O=CNCc1cc[c]cc1. The fraction of sp³-hybridized carbons (Fsp3) is 0.125. The van der Waals surface area contributed by atoms with Crippen LogP contribution in [0.3, 0.4) is 0 Å². The van der Waals surface area contributed by atoms with E-state index in [0.717, 1.165) is 5.56 Å². The summed E-state index contributed by atoms with van der Waals surface area (Å²) < 4.78 is 0. The minimum atomic E-state index is 0.595. The Balaban J connectivity index is 2.50. The number of carbonyl (C=O) groups is 1. The summed E-state index contributed by atoms with van der Waals surface area (Å²) in [6.45, 7) is 0.595. The zero-order chi connectivity index (χ0) is 7.23. The predicted molar refractivity (Wildman–Crippen MR) is 38.2 cm³/mol. The van der Waals surface area contributed by atoms with Crippen molar-refractivity contribution in [2.75, 3.05) is 0 Å². The fourth-order valence-corrected chi connectivity index (χ4v) is 0.699. The largest absolute Gasteiger partial charge is 0.355 e. The third-order valence-corrected chi connectivity index (χ3v) is 1.18. The molecule has 0 atom stereocenters. The summed E-state index contributed by atoms with van der Waals surface area (Å²) in [5, 5.41) is 2.57. The highest BCUT2D eigenvalue weighted by Gasteiger charge is 1.85. The second-order valence-corrected chi connectivity index (χ2v) is 1.91. The second kappa shape index (κ2) is 3.67. The maximum absolute atomic E-state index is 9.86. The summed E-state index contributed by atoms with van der Waals surface area (Å²) in [6.07, 6.45) is 0.691. The number of amides is 1. The first-order valence-corrected chi connectivity index (χ1v) is 3.05. The van der Waals surface area contributed by atoms with Crippen molar-refractivity contribution >= 4 is 6.41 Å². The van der Waals surface area contributed by atoms with Crippen molar-refractivity contribution in [2.24, 2.45) is 0 Å². The zero-order valence-electron chi connectivity index (χ0n) is 5.50. The van der Waals surface area contributed by atoms with Gasteiger partial charge < -0.3 is 5.32 Å². The van der Waals surface area contributed by atoms with E-state index in [0.29, 0.717) is 13.0 Å². The molecule has 0 saturated heterocycles. The molecule has 2 heteroatoms. The minimum Gasteiger partial charge on any atom is -0.355 e. The molecule has 0 spiro atoms. The van der Waals surface area contributed by atoms with Crippen molar-refractivity contribution in [3.8, 4) is 0 Å². The lowest BCUT2D eigenvalue weighted by Gasteiger charge is -1.96. The van der Waals surface area contributed by atoms with E-state index < -0.39 is 0 Å². The van der Waals surface area contributed by atoms with Crippen LogP contribution in [-0.4, -0.2) is 6.41 Å². The van der Waals surface area contributed by atoms with Crippen LogP contribution in [0.5, 0.6) is 0 Å². The van der Waals surface area contributed by atoms with Crippen molar-refractivity contribution < 1.29 is 4.79 Å². The molecule has 1 amide bonds. The molecule has 1 radical (unpaired) electrons. The standard InChI is InChI=1S/C8H8NO/c10-7-9-6-8-4-2-1-3-5-8/h2-5,7H,6H2,(H,9,10). The van der Waals surface area contributed by atoms with Crippen LogP contribution in [0.1, 0.15) is 5.56 Å². The molecule has 10 heavy (non-hydrogen) atoms. The van der Waals surface area contributed by atoms with Gasteiger partial charge in [0.05, 0.1) is 0 Å². The van der Waals surface area contributed by atoms with Crippen molar-refractivity contribution in [3.05, 3.63) is 35.9 Å². The van der Waals surface area contributed by atoms with Gasteiger partial charge in [0.2, 0.25) is 6.41 Å². The maximum Gasteiger partial charge on any atom is 0.207 e. The van der Waals surface area contributed by atoms with Gasteiger partial charge in [0.1, 0.15) is 0 Å². The van der Waals surface area contributed by atoms with Crippen LogP contribution in [0, 0.1) is 6.07 Å². The van der Waals surface area contributed by atoms with Crippen molar-refractivity contribution in [2.45, 2.75) is 6.54 Å². The van der Waals surface area contributed by atoms with Gasteiger partial charge in [-0.2, -0.15) is 0 Å². The molecule has 0 aliphatic rings. The Bertz CT molecular complexity index is 196. The summed E-state index contributed by atoms with van der Waals surface area (Å²) in [4.78, 5) is 9.86. The summed E-state index contributed by atoms with van der Waals surface area (Å²) in [6, 6.07) is 10.4. The van der Waals surface area contributed by atoms with E-state index in [2.05, 4.69) is 11.4 Å². The lowest BCUT2D eigenvalue weighted by atomic mass is 10.2. The zero-order valence-corrected chi connectivity index (χ0v) is 5.50. The Hall–Kier alpha value is -1.31. The average Bonchev–Trinajstić information content (AvgIpc) is 2.03. The molecule has 0 aromatic heterocycles. The highest BCUT2D eigenvalue weighted by molar-refractivity contribution is 5.46. The summed E-state index contributed by atoms with van der Waals surface area (Å²) >= 11 is 0. The molecule has 0 fully saturated rings. The maximum atomic E-state index is 9.86. The molecule has 0 saturated carbocycles. The summed E-state index contributed by atoms with van der Waals surface area (Å²) in [5.41, 5.74) is 1.09. The molecule has 1 aromatic carbocycles. The molecule has 0 heterocycles. The second-order valence-electron chi connectivity index (χ2n) is 1.91. The number of hydrogen-bond donors (Lipinski definition) is 1. The summed E-state index contributed by atoms with van der Waals surface area (Å²) in [7, 11) is 0. The Morgan fingerprint density at radius 3 is 2.80 bits per heavy atom. The van der Waals surface area contributed by atoms with Crippen LogP contribution in [0.15, 0.2) is 24.3 Å². The smallest absolute Gasteiger partial charge is 0.207 e. The third-order valence-electron chi connectivity index (χ3n) is 1.18. The van der Waals surface area contributed by atoms with Gasteiger partial charge in [0.15, 0.2) is 0 Å². The molecular formula is C8H8NO. The minimum absolute atomic E-state index is 0.595. The van der Waals surface area contributed by atoms with Crippen LogP contribution in [0.2, 0.25) is 0 Å². The Kier molecular flexibility index (Phi) is 2.49. The number of hydrogen-bond acceptors (Lipinski definition) is 1. The van der Waals surface area contributed by atoms with Gasteiger partial charge in [-0.3, -0.25) is 4.79 Å². The van der Waals surface area contributed by atoms with Gasteiger partial charge in [-0.15, -0.1) is 0 Å². The Morgan fingerprint density at radius 2 is 2.20 bits per heavy atom. The van der Waals surface area contributed by atoms with E-state index in [-0.39, 0.29) is 0 Å². The lowest BCUT2D eigenvalue weighted by Crippen LogP contribution is -2.09. The number of carbonyl (C=O) groups excluding carboxylic acids is 1. The number of benzene rings is 1. The molecule has 51 valence electrons. The van der Waals surface area contributed by atoms with E-state index in [1.165, 1.54) is 0 Å². The third kappa shape index (κ3) is 1.90. The Labute approximate surface area is 59.9 Å². The first-order valence-electron chi connectivity index (χ1n) is 3.05. The van der Waals surface area contributed by atoms with E-state index in [1.54, 1.807) is 0 Å². The van der Waals surface area contributed by atoms with E-state index >= 15 is 0 Å². The molecule has 2 nitrogen and oxygen atoms in total. The van der Waals surface area contributed by atoms with Gasteiger partial charge in [-0.1, -0.05) is 24.3 Å². The summed E-state index contributed by atoms with van der Waals surface area (Å²) in [5.74, 6) is 0. The topological polar surface area (TPSA) is 29.1 Å². The number of rotatable bonds is 3. The molecule has 0 aliphatic carbocycles. The van der Waals surface area contributed by atoms with Gasteiger partial charge in [0, 0.05) is 6.54 Å². The van der Waals surface area contributed by atoms with Gasteiger partial charge in [-0.05, 0) is 11.6 Å². The molecular weight excluding hydrogens is 126 g/mol. The normalized spacial score (nSPS) is 8.80. The van der Waals surface area contributed by atoms with Gasteiger partial charge in [-0.25, -0.2) is 0 Å². The van der Waals surface area contributed by atoms with Crippen LogP contribution >= 0.6 is 0 Å². The van der Waals surface area contributed by atoms with E-state index in [1.807, 2.05) is 24.3 Å². The van der Waals surface area contributed by atoms with Crippen LogP contribution < -0.4 is 5.32 Å². The Morgan fingerprint density at radius 1 is 1.50 bits per heavy atom. The first kappa shape index (κ1) is 6.81. The highest BCUT2D eigenvalue weighted by Crippen LogP contribution is 1.95. The van der Waals surface area contributed by atoms with Gasteiger partial charge in [0.25, 0.3) is 0 Å². The average molecular weight is 134 g/mol. The molecule has 0 aliphatic heterocycles. The number of nitrogens with one attached hydrogen (secondary N) is 1. The van der Waals surface area contributed by atoms with Crippen LogP contribution in [0.4, 0.5) is 0 Å². The van der Waals surface area contributed by atoms with Crippen molar-refractivity contribution in [1.82, 2.24) is 5.32 Å².